The summed E-state index contributed by atoms with van der Waals surface area (Å²) in [7, 11) is 1.69. The van der Waals surface area contributed by atoms with Crippen molar-refractivity contribution < 1.29 is 4.74 Å². The fourth-order valence-corrected chi connectivity index (χ4v) is 2.40. The van der Waals surface area contributed by atoms with Crippen molar-refractivity contribution in [3.8, 4) is 5.75 Å². The Hall–Kier alpha value is -2.54. The lowest BCUT2D eigenvalue weighted by molar-refractivity contribution is 0.414. The second-order valence-corrected chi connectivity index (χ2v) is 5.83. The van der Waals surface area contributed by atoms with Gasteiger partial charge in [0.05, 0.1) is 7.11 Å². The number of allylic oxidation sites excluding steroid dienone is 4. The predicted octanol–water partition coefficient (Wildman–Crippen LogP) is 6.23. The molecule has 0 aliphatic heterocycles. The van der Waals surface area contributed by atoms with Gasteiger partial charge in [-0.1, -0.05) is 78.9 Å². The van der Waals surface area contributed by atoms with E-state index in [2.05, 4.69) is 67.3 Å². The second-order valence-electron chi connectivity index (χ2n) is 5.83. The number of rotatable bonds is 9. The molecule has 0 aliphatic carbocycles. The summed E-state index contributed by atoms with van der Waals surface area (Å²) < 4.78 is 5.17. The highest BCUT2D eigenvalue weighted by atomic mass is 16.5. The van der Waals surface area contributed by atoms with Crippen molar-refractivity contribution in [2.75, 3.05) is 7.11 Å². The van der Waals surface area contributed by atoms with Crippen molar-refractivity contribution in [3.05, 3.63) is 96.1 Å². The summed E-state index contributed by atoms with van der Waals surface area (Å²) in [5.41, 5.74) is 3.82. The van der Waals surface area contributed by atoms with Crippen molar-refractivity contribution >= 4 is 6.08 Å². The molecular formula is C23H26O. The minimum Gasteiger partial charge on any atom is -0.497 e. The van der Waals surface area contributed by atoms with Crippen LogP contribution in [0.4, 0.5) is 0 Å². The van der Waals surface area contributed by atoms with Gasteiger partial charge in [-0.3, -0.25) is 0 Å². The van der Waals surface area contributed by atoms with Crippen LogP contribution in [-0.4, -0.2) is 7.11 Å². The molecule has 0 heterocycles. The molecule has 0 saturated carbocycles. The molecule has 2 aromatic carbocycles. The number of ether oxygens (including phenoxy) is 1. The SMILES string of the molecule is C=C(C/C=C\Cc1ccc(OC)cc1)CCC=Cc1ccccc1. The van der Waals surface area contributed by atoms with E-state index >= 15 is 0 Å². The lowest BCUT2D eigenvalue weighted by Gasteiger charge is -2.01. The summed E-state index contributed by atoms with van der Waals surface area (Å²) in [6.07, 6.45) is 12.8. The van der Waals surface area contributed by atoms with Crippen molar-refractivity contribution in [1.82, 2.24) is 0 Å². The van der Waals surface area contributed by atoms with E-state index in [4.69, 9.17) is 4.74 Å². The van der Waals surface area contributed by atoms with E-state index in [9.17, 15) is 0 Å². The quantitative estimate of drug-likeness (QED) is 0.498. The average Bonchev–Trinajstić information content (AvgIpc) is 2.64. The maximum absolute atomic E-state index is 5.17. The maximum Gasteiger partial charge on any atom is 0.118 e. The second kappa shape index (κ2) is 10.3. The van der Waals surface area contributed by atoms with E-state index in [1.54, 1.807) is 7.11 Å². The Labute approximate surface area is 146 Å². The van der Waals surface area contributed by atoms with Gasteiger partial charge in [0.1, 0.15) is 5.75 Å². The largest absolute Gasteiger partial charge is 0.497 e. The Morgan fingerprint density at radius 1 is 0.958 bits per heavy atom. The van der Waals surface area contributed by atoms with E-state index in [1.165, 1.54) is 16.7 Å². The number of hydrogen-bond acceptors (Lipinski definition) is 1. The zero-order valence-electron chi connectivity index (χ0n) is 14.4. The molecule has 2 aromatic rings. The third-order valence-electron chi connectivity index (χ3n) is 3.86. The number of hydrogen-bond donors (Lipinski definition) is 0. The molecule has 0 saturated heterocycles. The Morgan fingerprint density at radius 2 is 1.71 bits per heavy atom. The van der Waals surface area contributed by atoms with Crippen LogP contribution in [0.3, 0.4) is 0 Å². The van der Waals surface area contributed by atoms with Crippen LogP contribution < -0.4 is 4.74 Å². The minimum absolute atomic E-state index is 0.902. The average molecular weight is 318 g/mol. The van der Waals surface area contributed by atoms with Crippen LogP contribution in [0.5, 0.6) is 5.75 Å². The lowest BCUT2D eigenvalue weighted by Crippen LogP contribution is -1.84. The van der Waals surface area contributed by atoms with Crippen molar-refractivity contribution in [1.29, 1.82) is 0 Å². The Morgan fingerprint density at radius 3 is 2.42 bits per heavy atom. The molecule has 1 heteroatoms. The molecule has 0 atom stereocenters. The third-order valence-corrected chi connectivity index (χ3v) is 3.86. The normalized spacial score (nSPS) is 11.2. The molecule has 124 valence electrons. The van der Waals surface area contributed by atoms with E-state index in [-0.39, 0.29) is 0 Å². The zero-order valence-corrected chi connectivity index (χ0v) is 14.4. The van der Waals surface area contributed by atoms with Crippen LogP contribution in [0.2, 0.25) is 0 Å². The van der Waals surface area contributed by atoms with Crippen LogP contribution in [0.25, 0.3) is 6.08 Å². The first-order valence-electron chi connectivity index (χ1n) is 8.44. The van der Waals surface area contributed by atoms with Gasteiger partial charge < -0.3 is 4.74 Å². The Balaban J connectivity index is 1.64. The molecule has 24 heavy (non-hydrogen) atoms. The van der Waals surface area contributed by atoms with Gasteiger partial charge in [0.15, 0.2) is 0 Å². The van der Waals surface area contributed by atoms with Crippen LogP contribution in [0.1, 0.15) is 30.4 Å². The molecule has 0 aromatic heterocycles. The predicted molar refractivity (Wildman–Crippen MR) is 104 cm³/mol. The van der Waals surface area contributed by atoms with Gasteiger partial charge in [0, 0.05) is 0 Å². The summed E-state index contributed by atoms with van der Waals surface area (Å²) in [5.74, 6) is 0.902. The maximum atomic E-state index is 5.17. The summed E-state index contributed by atoms with van der Waals surface area (Å²) in [4.78, 5) is 0. The molecular weight excluding hydrogens is 292 g/mol. The molecule has 0 amide bonds. The van der Waals surface area contributed by atoms with E-state index < -0.39 is 0 Å². The van der Waals surface area contributed by atoms with Crippen LogP contribution in [0.15, 0.2) is 85.0 Å². The third kappa shape index (κ3) is 6.70. The highest BCUT2D eigenvalue weighted by molar-refractivity contribution is 5.48. The van der Waals surface area contributed by atoms with E-state index in [0.29, 0.717) is 0 Å². The van der Waals surface area contributed by atoms with Gasteiger partial charge >= 0.3 is 0 Å². The van der Waals surface area contributed by atoms with Gasteiger partial charge in [-0.2, -0.15) is 0 Å². The molecule has 0 N–H and O–H groups in total. The smallest absolute Gasteiger partial charge is 0.118 e. The van der Waals surface area contributed by atoms with Gasteiger partial charge in [0.25, 0.3) is 0 Å². The molecule has 0 radical (unpaired) electrons. The van der Waals surface area contributed by atoms with Crippen LogP contribution in [0, 0.1) is 0 Å². The molecule has 0 spiro atoms. The van der Waals surface area contributed by atoms with Crippen LogP contribution >= 0.6 is 0 Å². The van der Waals surface area contributed by atoms with Gasteiger partial charge in [-0.05, 0) is 48.9 Å². The summed E-state index contributed by atoms with van der Waals surface area (Å²) in [6, 6.07) is 18.6. The minimum atomic E-state index is 0.902. The number of methoxy groups -OCH3 is 1. The molecule has 1 nitrogen and oxygen atoms in total. The van der Waals surface area contributed by atoms with Gasteiger partial charge in [0.2, 0.25) is 0 Å². The van der Waals surface area contributed by atoms with Crippen molar-refractivity contribution in [2.45, 2.75) is 25.7 Å². The summed E-state index contributed by atoms with van der Waals surface area (Å²) in [6.45, 7) is 4.16. The number of benzene rings is 2. The van der Waals surface area contributed by atoms with Crippen molar-refractivity contribution in [2.24, 2.45) is 0 Å². The summed E-state index contributed by atoms with van der Waals surface area (Å²) >= 11 is 0. The monoisotopic (exact) mass is 318 g/mol. The van der Waals surface area contributed by atoms with Gasteiger partial charge in [-0.25, -0.2) is 0 Å². The van der Waals surface area contributed by atoms with Gasteiger partial charge in [-0.15, -0.1) is 0 Å². The molecule has 0 unspecified atom stereocenters. The molecule has 0 bridgehead atoms. The lowest BCUT2D eigenvalue weighted by atomic mass is 10.1. The van der Waals surface area contributed by atoms with E-state index in [1.807, 2.05) is 18.2 Å². The first-order chi connectivity index (χ1) is 11.8. The van der Waals surface area contributed by atoms with E-state index in [0.717, 1.165) is 31.4 Å². The Bertz CT molecular complexity index is 663. The topological polar surface area (TPSA) is 9.23 Å². The Kier molecular flexibility index (Phi) is 7.62. The standard InChI is InChI=1S/C23H26O/c1-20(10-6-8-14-21-12-4-3-5-13-21)11-7-9-15-22-16-18-23(24-2)19-17-22/h3-5,7-9,12-14,16-19H,1,6,10-11,15H2,2H3/b9-7-,14-8?. The first kappa shape index (κ1) is 17.8. The highest BCUT2D eigenvalue weighted by Crippen LogP contribution is 2.13. The first-order valence-corrected chi connectivity index (χ1v) is 8.44. The van der Waals surface area contributed by atoms with Crippen LogP contribution in [-0.2, 0) is 6.42 Å². The highest BCUT2D eigenvalue weighted by Gasteiger charge is 1.93. The molecule has 0 fully saturated rings. The molecule has 2 rings (SSSR count). The zero-order chi connectivity index (χ0) is 17.0. The fraction of sp³-hybridized carbons (Fsp3) is 0.217. The van der Waals surface area contributed by atoms with Crippen molar-refractivity contribution in [3.63, 3.8) is 0 Å². The summed E-state index contributed by atoms with van der Waals surface area (Å²) in [5, 5.41) is 0. The fourth-order valence-electron chi connectivity index (χ4n) is 2.40. The molecule has 0 aliphatic rings.